The Hall–Kier alpha value is -1.65. The third-order valence-corrected chi connectivity index (χ3v) is 5.23. The van der Waals surface area contributed by atoms with E-state index in [9.17, 15) is 4.79 Å². The number of thiophene rings is 1. The van der Waals surface area contributed by atoms with Gasteiger partial charge in [0.05, 0.1) is 12.6 Å². The summed E-state index contributed by atoms with van der Waals surface area (Å²) in [4.78, 5) is 16.0. The summed E-state index contributed by atoms with van der Waals surface area (Å²) in [5, 5.41) is 5.23. The van der Waals surface area contributed by atoms with E-state index in [2.05, 4.69) is 39.9 Å². The maximum Gasteiger partial charge on any atom is 0.234 e. The van der Waals surface area contributed by atoms with Crippen molar-refractivity contribution in [2.45, 2.75) is 31.8 Å². The number of carbonyl (C=O) groups is 1. The van der Waals surface area contributed by atoms with Crippen molar-refractivity contribution in [2.24, 2.45) is 0 Å². The summed E-state index contributed by atoms with van der Waals surface area (Å²) < 4.78 is 0. The molecule has 3 rings (SSSR count). The summed E-state index contributed by atoms with van der Waals surface area (Å²) >= 11 is 1.79. The normalized spacial score (nSPS) is 20.0. The van der Waals surface area contributed by atoms with Gasteiger partial charge < -0.3 is 5.32 Å². The molecule has 2 aromatic rings. The second kappa shape index (κ2) is 7.07. The van der Waals surface area contributed by atoms with Gasteiger partial charge in [0.1, 0.15) is 0 Å². The first-order valence-corrected chi connectivity index (χ1v) is 8.74. The highest BCUT2D eigenvalue weighted by Crippen LogP contribution is 2.34. The number of rotatable bonds is 5. The third-order valence-electron chi connectivity index (χ3n) is 4.26. The van der Waals surface area contributed by atoms with Gasteiger partial charge in [-0.25, -0.2) is 0 Å². The number of amides is 1. The van der Waals surface area contributed by atoms with E-state index < -0.39 is 0 Å². The molecule has 2 atom stereocenters. The molecule has 4 heteroatoms. The lowest BCUT2D eigenvalue weighted by molar-refractivity contribution is -0.123. The Morgan fingerprint density at radius 2 is 2.14 bits per heavy atom. The summed E-state index contributed by atoms with van der Waals surface area (Å²) in [5.41, 5.74) is 1.15. The summed E-state index contributed by atoms with van der Waals surface area (Å²) in [7, 11) is 0. The van der Waals surface area contributed by atoms with Crippen LogP contribution in [0.2, 0.25) is 0 Å². The molecule has 1 aliphatic rings. The molecule has 116 valence electrons. The van der Waals surface area contributed by atoms with Crippen molar-refractivity contribution in [3.05, 3.63) is 58.3 Å². The lowest BCUT2D eigenvalue weighted by atomic mass is 10.1. The van der Waals surface area contributed by atoms with Crippen LogP contribution in [0.4, 0.5) is 0 Å². The Morgan fingerprint density at radius 1 is 1.32 bits per heavy atom. The molecule has 0 spiro atoms. The summed E-state index contributed by atoms with van der Waals surface area (Å²) in [6, 6.07) is 14.8. The number of benzene rings is 1. The summed E-state index contributed by atoms with van der Waals surface area (Å²) in [6.45, 7) is 3.53. The van der Waals surface area contributed by atoms with Crippen molar-refractivity contribution in [3.8, 4) is 0 Å². The van der Waals surface area contributed by atoms with Crippen LogP contribution in [-0.4, -0.2) is 23.9 Å². The van der Waals surface area contributed by atoms with Crippen LogP contribution in [-0.2, 0) is 4.79 Å². The average Bonchev–Trinajstić information content (AvgIpc) is 3.18. The maximum absolute atomic E-state index is 12.3. The highest BCUT2D eigenvalue weighted by atomic mass is 32.1. The zero-order valence-electron chi connectivity index (χ0n) is 12.9. The predicted molar refractivity (Wildman–Crippen MR) is 90.9 cm³/mol. The van der Waals surface area contributed by atoms with Crippen molar-refractivity contribution in [2.75, 3.05) is 13.1 Å². The number of likely N-dealkylation sites (tertiary alicyclic amines) is 1. The van der Waals surface area contributed by atoms with E-state index in [1.54, 1.807) is 11.3 Å². The van der Waals surface area contributed by atoms with E-state index >= 15 is 0 Å². The van der Waals surface area contributed by atoms with Crippen LogP contribution < -0.4 is 5.32 Å². The van der Waals surface area contributed by atoms with E-state index in [4.69, 9.17) is 0 Å². The van der Waals surface area contributed by atoms with Crippen molar-refractivity contribution in [1.29, 1.82) is 0 Å². The second-order valence-corrected chi connectivity index (χ2v) is 6.82. The van der Waals surface area contributed by atoms with Crippen molar-refractivity contribution in [3.63, 3.8) is 0 Å². The van der Waals surface area contributed by atoms with Gasteiger partial charge >= 0.3 is 0 Å². The summed E-state index contributed by atoms with van der Waals surface area (Å²) in [5.74, 6) is 0.111. The quantitative estimate of drug-likeness (QED) is 0.911. The molecule has 2 heterocycles. The highest BCUT2D eigenvalue weighted by molar-refractivity contribution is 7.10. The van der Waals surface area contributed by atoms with Gasteiger partial charge in [0.2, 0.25) is 5.91 Å². The van der Waals surface area contributed by atoms with Gasteiger partial charge in [0.25, 0.3) is 0 Å². The largest absolute Gasteiger partial charge is 0.348 e. The molecule has 1 amide bonds. The molecule has 3 nitrogen and oxygen atoms in total. The molecule has 0 bridgehead atoms. The molecule has 22 heavy (non-hydrogen) atoms. The zero-order chi connectivity index (χ0) is 15.4. The molecule has 0 aliphatic carbocycles. The van der Waals surface area contributed by atoms with Gasteiger partial charge in [-0.05, 0) is 43.3 Å². The predicted octanol–water partition coefficient (Wildman–Crippen LogP) is 3.76. The van der Waals surface area contributed by atoms with E-state index in [-0.39, 0.29) is 11.9 Å². The molecule has 0 saturated carbocycles. The number of nitrogens with zero attached hydrogens (tertiary/aromatic N) is 1. The zero-order valence-corrected chi connectivity index (χ0v) is 13.7. The van der Waals surface area contributed by atoms with E-state index in [0.29, 0.717) is 12.6 Å². The van der Waals surface area contributed by atoms with Gasteiger partial charge in [-0.1, -0.05) is 36.4 Å². The van der Waals surface area contributed by atoms with Crippen LogP contribution in [0.25, 0.3) is 0 Å². The van der Waals surface area contributed by atoms with Crippen LogP contribution in [0.15, 0.2) is 47.8 Å². The molecule has 0 unspecified atom stereocenters. The smallest absolute Gasteiger partial charge is 0.234 e. The fourth-order valence-corrected chi connectivity index (χ4v) is 4.01. The highest BCUT2D eigenvalue weighted by Gasteiger charge is 2.28. The monoisotopic (exact) mass is 314 g/mol. The van der Waals surface area contributed by atoms with Crippen LogP contribution >= 0.6 is 11.3 Å². The fraction of sp³-hybridized carbons (Fsp3) is 0.389. The lowest BCUT2D eigenvalue weighted by Gasteiger charge is -2.24. The minimum Gasteiger partial charge on any atom is -0.348 e. The molecule has 1 fully saturated rings. The van der Waals surface area contributed by atoms with Crippen LogP contribution in [0.3, 0.4) is 0 Å². The molecule has 1 saturated heterocycles. The van der Waals surface area contributed by atoms with Crippen molar-refractivity contribution in [1.82, 2.24) is 10.2 Å². The van der Waals surface area contributed by atoms with Crippen molar-refractivity contribution < 1.29 is 4.79 Å². The molecule has 0 radical (unpaired) electrons. The van der Waals surface area contributed by atoms with E-state index in [1.807, 2.05) is 25.1 Å². The molecule has 1 N–H and O–H groups in total. The Balaban J connectivity index is 1.57. The SMILES string of the molecule is C[C@@H](NC(=O)CN1CCC[C@@H]1c1cccs1)c1ccccc1. The number of nitrogens with one attached hydrogen (secondary N) is 1. The first-order chi connectivity index (χ1) is 10.7. The minimum absolute atomic E-state index is 0.0523. The standard InChI is InChI=1S/C18H22N2OS/c1-14(15-7-3-2-4-8-15)19-18(21)13-20-11-5-9-16(20)17-10-6-12-22-17/h2-4,6-8,10,12,14,16H,5,9,11,13H2,1H3,(H,19,21)/t14-,16-/m1/s1. The number of hydrogen-bond acceptors (Lipinski definition) is 3. The van der Waals surface area contributed by atoms with Gasteiger partial charge in [-0.2, -0.15) is 0 Å². The lowest BCUT2D eigenvalue weighted by Crippen LogP contribution is -2.37. The van der Waals surface area contributed by atoms with Crippen LogP contribution in [0.1, 0.15) is 42.3 Å². The Morgan fingerprint density at radius 3 is 2.86 bits per heavy atom. The molecular weight excluding hydrogens is 292 g/mol. The van der Waals surface area contributed by atoms with Gasteiger partial charge in [-0.15, -0.1) is 11.3 Å². The maximum atomic E-state index is 12.3. The summed E-state index contributed by atoms with van der Waals surface area (Å²) in [6.07, 6.45) is 2.33. The first-order valence-electron chi connectivity index (χ1n) is 7.86. The van der Waals surface area contributed by atoms with Crippen molar-refractivity contribution >= 4 is 17.2 Å². The van der Waals surface area contributed by atoms with Gasteiger partial charge in [-0.3, -0.25) is 9.69 Å². The second-order valence-electron chi connectivity index (χ2n) is 5.84. The van der Waals surface area contributed by atoms with E-state index in [1.165, 1.54) is 11.3 Å². The van der Waals surface area contributed by atoms with Crippen LogP contribution in [0, 0.1) is 0 Å². The third kappa shape index (κ3) is 3.57. The Labute approximate surface area is 136 Å². The minimum atomic E-state index is 0.0523. The molecule has 1 aromatic carbocycles. The van der Waals surface area contributed by atoms with E-state index in [0.717, 1.165) is 18.5 Å². The van der Waals surface area contributed by atoms with Crippen LogP contribution in [0.5, 0.6) is 0 Å². The average molecular weight is 314 g/mol. The fourth-order valence-electron chi connectivity index (χ4n) is 3.12. The van der Waals surface area contributed by atoms with Gasteiger partial charge in [0, 0.05) is 10.9 Å². The first kappa shape index (κ1) is 15.3. The molecule has 1 aliphatic heterocycles. The number of carbonyl (C=O) groups excluding carboxylic acids is 1. The Kier molecular flexibility index (Phi) is 4.90. The molecular formula is C18H22N2OS. The van der Waals surface area contributed by atoms with Gasteiger partial charge in [0.15, 0.2) is 0 Å². The number of hydrogen-bond donors (Lipinski definition) is 1. The molecule has 1 aromatic heterocycles. The topological polar surface area (TPSA) is 32.3 Å². The Bertz CT molecular complexity index is 597.